The fourth-order valence-corrected chi connectivity index (χ4v) is 2.62. The highest BCUT2D eigenvalue weighted by Gasteiger charge is 2.12. The molecule has 138 valence electrons. The van der Waals surface area contributed by atoms with Crippen molar-refractivity contribution in [3.8, 4) is 5.75 Å². The number of rotatable bonds is 8. The van der Waals surface area contributed by atoms with Crippen LogP contribution in [-0.2, 0) is 22.4 Å². The molecule has 0 spiro atoms. The van der Waals surface area contributed by atoms with Crippen molar-refractivity contribution >= 4 is 11.9 Å². The zero-order valence-electron chi connectivity index (χ0n) is 15.5. The van der Waals surface area contributed by atoms with E-state index in [-0.39, 0.29) is 18.3 Å². The Labute approximate surface area is 154 Å². The van der Waals surface area contributed by atoms with Crippen molar-refractivity contribution in [3.63, 3.8) is 0 Å². The smallest absolute Gasteiger partial charge is 0.310 e. The average molecular weight is 355 g/mol. The fraction of sp³-hybridized carbons (Fsp3) is 0.333. The van der Waals surface area contributed by atoms with Crippen LogP contribution in [0.15, 0.2) is 42.5 Å². The lowest BCUT2D eigenvalue weighted by Gasteiger charge is -2.10. The van der Waals surface area contributed by atoms with Crippen LogP contribution in [0.25, 0.3) is 0 Å². The molecule has 2 rings (SSSR count). The second kappa shape index (κ2) is 9.61. The zero-order valence-corrected chi connectivity index (χ0v) is 15.5. The van der Waals surface area contributed by atoms with E-state index in [9.17, 15) is 9.59 Å². The van der Waals surface area contributed by atoms with Crippen molar-refractivity contribution in [2.45, 2.75) is 26.7 Å². The van der Waals surface area contributed by atoms with Crippen molar-refractivity contribution in [1.82, 2.24) is 5.32 Å². The molecule has 0 saturated heterocycles. The Morgan fingerprint density at radius 1 is 1.04 bits per heavy atom. The van der Waals surface area contributed by atoms with E-state index >= 15 is 0 Å². The predicted molar refractivity (Wildman–Crippen MR) is 101 cm³/mol. The number of hydrogen-bond acceptors (Lipinski definition) is 4. The summed E-state index contributed by atoms with van der Waals surface area (Å²) in [7, 11) is 1.55. The summed E-state index contributed by atoms with van der Waals surface area (Å²) in [5, 5.41) is 2.92. The van der Waals surface area contributed by atoms with Gasteiger partial charge in [0.15, 0.2) is 0 Å². The van der Waals surface area contributed by atoms with Crippen molar-refractivity contribution in [3.05, 3.63) is 64.7 Å². The van der Waals surface area contributed by atoms with E-state index in [1.165, 1.54) is 0 Å². The van der Waals surface area contributed by atoms with Gasteiger partial charge in [0.1, 0.15) is 5.75 Å². The van der Waals surface area contributed by atoms with E-state index in [1.54, 1.807) is 20.1 Å². The van der Waals surface area contributed by atoms with Crippen LogP contribution in [-0.4, -0.2) is 32.1 Å². The minimum Gasteiger partial charge on any atom is -0.496 e. The van der Waals surface area contributed by atoms with Crippen molar-refractivity contribution < 1.29 is 19.1 Å². The Bertz CT molecular complexity index is 753. The van der Waals surface area contributed by atoms with Crippen LogP contribution in [0.1, 0.15) is 34.0 Å². The number of methoxy groups -OCH3 is 1. The second-order valence-electron chi connectivity index (χ2n) is 6.01. The van der Waals surface area contributed by atoms with E-state index < -0.39 is 0 Å². The van der Waals surface area contributed by atoms with Crippen LogP contribution in [0.2, 0.25) is 0 Å². The van der Waals surface area contributed by atoms with Gasteiger partial charge in [-0.3, -0.25) is 9.59 Å². The molecule has 2 aromatic rings. The van der Waals surface area contributed by atoms with Crippen LogP contribution in [0.3, 0.4) is 0 Å². The summed E-state index contributed by atoms with van der Waals surface area (Å²) in [6, 6.07) is 13.3. The Balaban J connectivity index is 1.87. The number of esters is 1. The lowest BCUT2D eigenvalue weighted by molar-refractivity contribution is -0.142. The molecule has 0 aliphatic carbocycles. The van der Waals surface area contributed by atoms with Gasteiger partial charge >= 0.3 is 5.97 Å². The first-order valence-electron chi connectivity index (χ1n) is 8.69. The van der Waals surface area contributed by atoms with Crippen LogP contribution in [0.4, 0.5) is 0 Å². The molecule has 26 heavy (non-hydrogen) atoms. The van der Waals surface area contributed by atoms with Crippen LogP contribution in [0, 0.1) is 6.92 Å². The van der Waals surface area contributed by atoms with Gasteiger partial charge < -0.3 is 14.8 Å². The van der Waals surface area contributed by atoms with Gasteiger partial charge in [-0.1, -0.05) is 35.9 Å². The normalized spacial score (nSPS) is 10.3. The summed E-state index contributed by atoms with van der Waals surface area (Å²) in [5.74, 6) is 0.195. The van der Waals surface area contributed by atoms with E-state index in [1.807, 2.05) is 43.3 Å². The summed E-state index contributed by atoms with van der Waals surface area (Å²) in [6.45, 7) is 4.64. The average Bonchev–Trinajstić information content (AvgIpc) is 2.63. The first kappa shape index (κ1) is 19.5. The van der Waals surface area contributed by atoms with Crippen molar-refractivity contribution in [1.29, 1.82) is 0 Å². The van der Waals surface area contributed by atoms with Gasteiger partial charge in [-0.25, -0.2) is 0 Å². The Kier molecular flexibility index (Phi) is 7.21. The molecule has 1 N–H and O–H groups in total. The third-order valence-corrected chi connectivity index (χ3v) is 3.98. The van der Waals surface area contributed by atoms with E-state index in [0.717, 1.165) is 16.7 Å². The topological polar surface area (TPSA) is 64.6 Å². The van der Waals surface area contributed by atoms with E-state index in [2.05, 4.69) is 5.32 Å². The quantitative estimate of drug-likeness (QED) is 0.739. The molecule has 0 unspecified atom stereocenters. The molecule has 0 heterocycles. The maximum Gasteiger partial charge on any atom is 0.310 e. The third kappa shape index (κ3) is 5.62. The molecule has 1 amide bonds. The molecule has 5 nitrogen and oxygen atoms in total. The Morgan fingerprint density at radius 2 is 1.73 bits per heavy atom. The molecule has 0 aliphatic heterocycles. The third-order valence-electron chi connectivity index (χ3n) is 3.98. The van der Waals surface area contributed by atoms with Crippen molar-refractivity contribution in [2.24, 2.45) is 0 Å². The number of benzene rings is 2. The monoisotopic (exact) mass is 355 g/mol. The summed E-state index contributed by atoms with van der Waals surface area (Å²) in [5.41, 5.74) is 3.56. The number of carbonyl (C=O) groups is 2. The number of nitrogens with one attached hydrogen (secondary N) is 1. The first-order valence-corrected chi connectivity index (χ1v) is 8.69. The lowest BCUT2D eigenvalue weighted by Crippen LogP contribution is -2.26. The zero-order chi connectivity index (χ0) is 18.9. The Hall–Kier alpha value is -2.82. The summed E-state index contributed by atoms with van der Waals surface area (Å²) in [6.07, 6.45) is 0.984. The number of ether oxygens (including phenoxy) is 2. The summed E-state index contributed by atoms with van der Waals surface area (Å²) >= 11 is 0. The van der Waals surface area contributed by atoms with Gasteiger partial charge in [-0.2, -0.15) is 0 Å². The van der Waals surface area contributed by atoms with Gasteiger partial charge in [0.2, 0.25) is 0 Å². The maximum absolute atomic E-state index is 12.4. The van der Waals surface area contributed by atoms with Gasteiger partial charge in [-0.15, -0.1) is 0 Å². The Morgan fingerprint density at radius 3 is 2.38 bits per heavy atom. The van der Waals surface area contributed by atoms with E-state index in [4.69, 9.17) is 9.47 Å². The van der Waals surface area contributed by atoms with Crippen LogP contribution < -0.4 is 10.1 Å². The van der Waals surface area contributed by atoms with Crippen LogP contribution in [0.5, 0.6) is 5.75 Å². The molecular weight excluding hydrogens is 330 g/mol. The number of aryl methyl sites for hydroxylation is 1. The highest BCUT2D eigenvalue weighted by Crippen LogP contribution is 2.19. The lowest BCUT2D eigenvalue weighted by atomic mass is 10.1. The molecule has 0 saturated carbocycles. The van der Waals surface area contributed by atoms with Crippen molar-refractivity contribution in [2.75, 3.05) is 20.3 Å². The molecule has 0 bridgehead atoms. The van der Waals surface area contributed by atoms with Crippen LogP contribution >= 0.6 is 0 Å². The minimum absolute atomic E-state index is 0.149. The largest absolute Gasteiger partial charge is 0.496 e. The molecule has 0 fully saturated rings. The standard InChI is InChI=1S/C21H25NO4/c1-4-26-20(23)14-17-8-6-16(7-9-17)11-12-22-21(24)18-13-15(2)5-10-19(18)25-3/h5-10,13H,4,11-12,14H2,1-3H3,(H,22,24). The predicted octanol–water partition coefficient (Wildman–Crippen LogP) is 3.08. The molecule has 0 aliphatic rings. The highest BCUT2D eigenvalue weighted by molar-refractivity contribution is 5.97. The molecule has 0 atom stereocenters. The molecule has 0 radical (unpaired) electrons. The maximum atomic E-state index is 12.4. The number of carbonyl (C=O) groups excluding carboxylic acids is 2. The summed E-state index contributed by atoms with van der Waals surface area (Å²) in [4.78, 5) is 23.8. The summed E-state index contributed by atoms with van der Waals surface area (Å²) < 4.78 is 10.2. The molecule has 2 aromatic carbocycles. The molecule has 0 aromatic heterocycles. The SMILES string of the molecule is CCOC(=O)Cc1ccc(CCNC(=O)c2cc(C)ccc2OC)cc1. The fourth-order valence-electron chi connectivity index (χ4n) is 2.62. The van der Waals surface area contributed by atoms with Gasteiger partial charge in [0.25, 0.3) is 5.91 Å². The first-order chi connectivity index (χ1) is 12.5. The van der Waals surface area contributed by atoms with Gasteiger partial charge in [0, 0.05) is 6.54 Å². The van der Waals surface area contributed by atoms with E-state index in [0.29, 0.717) is 30.9 Å². The molecule has 5 heteroatoms. The molecular formula is C21H25NO4. The van der Waals surface area contributed by atoms with Gasteiger partial charge in [-0.05, 0) is 43.5 Å². The number of hydrogen-bond donors (Lipinski definition) is 1. The van der Waals surface area contributed by atoms with Gasteiger partial charge in [0.05, 0.1) is 25.7 Å². The highest BCUT2D eigenvalue weighted by atomic mass is 16.5. The minimum atomic E-state index is -0.223. The number of amides is 1. The second-order valence-corrected chi connectivity index (χ2v) is 6.01.